The highest BCUT2D eigenvalue weighted by Gasteiger charge is 2.31. The predicted octanol–water partition coefficient (Wildman–Crippen LogP) is 3.55. The molecule has 3 aromatic rings. The molecule has 1 fully saturated rings. The number of hydrogen-bond donors (Lipinski definition) is 1. The quantitative estimate of drug-likeness (QED) is 0.568. The van der Waals surface area contributed by atoms with Crippen molar-refractivity contribution in [2.75, 3.05) is 30.5 Å². The third-order valence-corrected chi connectivity index (χ3v) is 7.54. The number of amides is 1. The highest BCUT2D eigenvalue weighted by molar-refractivity contribution is 7.91. The number of aromatic nitrogens is 2. The molecule has 1 atom stereocenters. The Morgan fingerprint density at radius 1 is 1.09 bits per heavy atom. The zero-order valence-corrected chi connectivity index (χ0v) is 19.7. The van der Waals surface area contributed by atoms with Crippen molar-refractivity contribution in [3.63, 3.8) is 0 Å². The molecule has 2 heterocycles. The van der Waals surface area contributed by atoms with Crippen LogP contribution in [0.25, 0.3) is 11.3 Å². The molecular formula is C24H27N3O5S. The van der Waals surface area contributed by atoms with Crippen LogP contribution in [0.2, 0.25) is 0 Å². The lowest BCUT2D eigenvalue weighted by molar-refractivity contribution is -0.118. The van der Waals surface area contributed by atoms with Crippen molar-refractivity contribution in [1.29, 1.82) is 0 Å². The molecule has 4 rings (SSSR count). The summed E-state index contributed by atoms with van der Waals surface area (Å²) in [5, 5.41) is 7.47. The molecule has 1 N–H and O–H groups in total. The van der Waals surface area contributed by atoms with Gasteiger partial charge in [0.05, 0.1) is 30.4 Å². The Hall–Kier alpha value is -3.33. The van der Waals surface area contributed by atoms with E-state index >= 15 is 0 Å². The van der Waals surface area contributed by atoms with Crippen molar-refractivity contribution >= 4 is 21.6 Å². The van der Waals surface area contributed by atoms with Gasteiger partial charge in [0.25, 0.3) is 5.91 Å². The molecule has 8 nitrogen and oxygen atoms in total. The summed E-state index contributed by atoms with van der Waals surface area (Å²) in [6.45, 7) is 3.82. The van der Waals surface area contributed by atoms with E-state index in [1.54, 1.807) is 17.9 Å². The molecule has 1 saturated heterocycles. The zero-order valence-electron chi connectivity index (χ0n) is 18.9. The number of hydrogen-bond acceptors (Lipinski definition) is 6. The molecular weight excluding hydrogens is 442 g/mol. The second kappa shape index (κ2) is 9.27. The maximum Gasteiger partial charge on any atom is 0.263 e. The molecule has 0 radical (unpaired) electrons. The minimum atomic E-state index is -3.12. The minimum absolute atomic E-state index is 0.00124. The fourth-order valence-corrected chi connectivity index (χ4v) is 5.46. The third kappa shape index (κ3) is 5.36. The molecule has 1 aromatic heterocycles. The number of benzene rings is 2. The van der Waals surface area contributed by atoms with Gasteiger partial charge in [0, 0.05) is 11.6 Å². The van der Waals surface area contributed by atoms with E-state index < -0.39 is 9.84 Å². The largest absolute Gasteiger partial charge is 0.497 e. The van der Waals surface area contributed by atoms with Crippen molar-refractivity contribution in [2.24, 2.45) is 0 Å². The SMILES string of the molecule is COc1ccc(-c2cc(NC(=O)COc3ccc(C)c(C)c3)n([C@@H]3CCS(=O)(=O)C3)n2)cc1. The zero-order chi connectivity index (χ0) is 23.6. The molecule has 0 aliphatic carbocycles. The monoisotopic (exact) mass is 469 g/mol. The van der Waals surface area contributed by atoms with Crippen LogP contribution in [0.3, 0.4) is 0 Å². The fraction of sp³-hybridized carbons (Fsp3) is 0.333. The Morgan fingerprint density at radius 3 is 2.45 bits per heavy atom. The van der Waals surface area contributed by atoms with Gasteiger partial charge in [-0.05, 0) is 67.8 Å². The van der Waals surface area contributed by atoms with Crippen molar-refractivity contribution in [3.05, 3.63) is 59.7 Å². The lowest BCUT2D eigenvalue weighted by atomic mass is 10.1. The summed E-state index contributed by atoms with van der Waals surface area (Å²) in [6, 6.07) is 14.5. The van der Waals surface area contributed by atoms with Gasteiger partial charge in [-0.2, -0.15) is 5.10 Å². The van der Waals surface area contributed by atoms with Gasteiger partial charge in [0.15, 0.2) is 16.4 Å². The standard InChI is InChI=1S/C24H27N3O5S/c1-16-4-7-21(12-17(16)2)32-14-24(28)25-23-13-22(18-5-8-20(31-3)9-6-18)26-27(23)19-10-11-33(29,30)15-19/h4-9,12-13,19H,10-11,14-15H2,1-3H3,(H,25,28)/t19-/m1/s1. The highest BCUT2D eigenvalue weighted by atomic mass is 32.2. The van der Waals surface area contributed by atoms with Gasteiger partial charge in [-0.25, -0.2) is 13.1 Å². The molecule has 33 heavy (non-hydrogen) atoms. The van der Waals surface area contributed by atoms with Crippen molar-refractivity contribution in [3.8, 4) is 22.8 Å². The topological polar surface area (TPSA) is 99.5 Å². The Bertz CT molecular complexity index is 1270. The minimum Gasteiger partial charge on any atom is -0.497 e. The van der Waals surface area contributed by atoms with E-state index in [4.69, 9.17) is 9.47 Å². The number of aryl methyl sites for hydroxylation is 2. The summed E-state index contributed by atoms with van der Waals surface area (Å²) >= 11 is 0. The summed E-state index contributed by atoms with van der Waals surface area (Å²) in [5.74, 6) is 1.53. The molecule has 2 aromatic carbocycles. The van der Waals surface area contributed by atoms with E-state index in [-0.39, 0.29) is 30.1 Å². The van der Waals surface area contributed by atoms with Crippen LogP contribution >= 0.6 is 0 Å². The lowest BCUT2D eigenvalue weighted by Gasteiger charge is -2.14. The number of carbonyl (C=O) groups excluding carboxylic acids is 1. The maximum atomic E-state index is 12.6. The number of ether oxygens (including phenoxy) is 2. The van der Waals surface area contributed by atoms with Crippen LogP contribution in [0.5, 0.6) is 11.5 Å². The lowest BCUT2D eigenvalue weighted by Crippen LogP contribution is -2.23. The molecule has 0 bridgehead atoms. The summed E-state index contributed by atoms with van der Waals surface area (Å²) < 4.78 is 36.5. The predicted molar refractivity (Wildman–Crippen MR) is 127 cm³/mol. The van der Waals surface area contributed by atoms with Crippen molar-refractivity contribution in [1.82, 2.24) is 9.78 Å². The molecule has 0 spiro atoms. The van der Waals surface area contributed by atoms with Gasteiger partial charge < -0.3 is 14.8 Å². The normalized spacial score (nSPS) is 17.0. The Labute approximate surface area is 193 Å². The Balaban J connectivity index is 1.54. The molecule has 0 unspecified atom stereocenters. The summed E-state index contributed by atoms with van der Waals surface area (Å²) in [7, 11) is -1.53. The first-order chi connectivity index (χ1) is 15.7. The highest BCUT2D eigenvalue weighted by Crippen LogP contribution is 2.31. The number of methoxy groups -OCH3 is 1. The van der Waals surface area contributed by atoms with E-state index in [0.29, 0.717) is 23.7 Å². The Morgan fingerprint density at radius 2 is 1.82 bits per heavy atom. The molecule has 1 aliphatic heterocycles. The average molecular weight is 470 g/mol. The van der Waals surface area contributed by atoms with Crippen LogP contribution in [0.1, 0.15) is 23.6 Å². The molecule has 9 heteroatoms. The number of nitrogens with one attached hydrogen (secondary N) is 1. The maximum absolute atomic E-state index is 12.6. The number of sulfone groups is 1. The van der Waals surface area contributed by atoms with Gasteiger partial charge in [-0.1, -0.05) is 6.07 Å². The summed E-state index contributed by atoms with van der Waals surface area (Å²) in [6.07, 6.45) is 0.452. The fourth-order valence-electron chi connectivity index (χ4n) is 3.77. The van der Waals surface area contributed by atoms with E-state index in [9.17, 15) is 13.2 Å². The first-order valence-electron chi connectivity index (χ1n) is 10.7. The average Bonchev–Trinajstić information content (AvgIpc) is 3.37. The van der Waals surface area contributed by atoms with E-state index in [1.165, 1.54) is 0 Å². The van der Waals surface area contributed by atoms with E-state index in [2.05, 4.69) is 10.4 Å². The van der Waals surface area contributed by atoms with Crippen LogP contribution in [0.15, 0.2) is 48.5 Å². The number of anilines is 1. The molecule has 1 aliphatic rings. The number of carbonyl (C=O) groups is 1. The third-order valence-electron chi connectivity index (χ3n) is 5.79. The Kier molecular flexibility index (Phi) is 6.42. The van der Waals surface area contributed by atoms with Gasteiger partial charge in [0.2, 0.25) is 0 Å². The number of rotatable bonds is 7. The first-order valence-corrected chi connectivity index (χ1v) is 12.5. The van der Waals surface area contributed by atoms with Crippen LogP contribution in [-0.2, 0) is 14.6 Å². The second-order valence-corrected chi connectivity index (χ2v) is 10.5. The van der Waals surface area contributed by atoms with Crippen molar-refractivity contribution < 1.29 is 22.7 Å². The smallest absolute Gasteiger partial charge is 0.263 e. The first kappa shape index (κ1) is 22.8. The van der Waals surface area contributed by atoms with Crippen LogP contribution < -0.4 is 14.8 Å². The van der Waals surface area contributed by atoms with Gasteiger partial charge in [-0.15, -0.1) is 0 Å². The van der Waals surface area contributed by atoms with Gasteiger partial charge >= 0.3 is 0 Å². The summed E-state index contributed by atoms with van der Waals surface area (Å²) in [4.78, 5) is 12.6. The van der Waals surface area contributed by atoms with Gasteiger partial charge in [-0.3, -0.25) is 4.79 Å². The molecule has 0 saturated carbocycles. The van der Waals surface area contributed by atoms with Crippen molar-refractivity contribution in [2.45, 2.75) is 26.3 Å². The van der Waals surface area contributed by atoms with E-state index in [1.807, 2.05) is 56.3 Å². The van der Waals surface area contributed by atoms with Crippen LogP contribution in [0, 0.1) is 13.8 Å². The molecule has 174 valence electrons. The van der Waals surface area contributed by atoms with Crippen LogP contribution in [0.4, 0.5) is 5.82 Å². The second-order valence-electron chi connectivity index (χ2n) is 8.23. The van der Waals surface area contributed by atoms with Gasteiger partial charge in [0.1, 0.15) is 17.3 Å². The number of nitrogens with zero attached hydrogens (tertiary/aromatic N) is 2. The summed E-state index contributed by atoms with van der Waals surface area (Å²) in [5.41, 5.74) is 3.69. The van der Waals surface area contributed by atoms with Crippen LogP contribution in [-0.4, -0.2) is 49.3 Å². The van der Waals surface area contributed by atoms with E-state index in [0.717, 1.165) is 22.4 Å². The molecule has 1 amide bonds.